The van der Waals surface area contributed by atoms with E-state index >= 15 is 0 Å². The molecular weight excluding hydrogens is 747 g/mol. The molecule has 0 aliphatic carbocycles. The van der Waals surface area contributed by atoms with Gasteiger partial charge in [-0.3, -0.25) is 39.2 Å². The smallest absolute Gasteiger partial charge is 0.276 e. The quantitative estimate of drug-likeness (QED) is 0.0836. The van der Waals surface area contributed by atoms with Gasteiger partial charge in [0, 0.05) is 30.8 Å². The molecule has 5 heterocycles. The molecule has 19 heteroatoms. The molecule has 58 heavy (non-hydrogen) atoms. The van der Waals surface area contributed by atoms with Crippen LogP contribution in [-0.4, -0.2) is 89.1 Å². The van der Waals surface area contributed by atoms with Crippen molar-refractivity contribution < 1.29 is 28.7 Å². The summed E-state index contributed by atoms with van der Waals surface area (Å²) in [6, 6.07) is 9.44. The third kappa shape index (κ3) is 7.67. The lowest BCUT2D eigenvalue weighted by molar-refractivity contribution is 0.0991. The van der Waals surface area contributed by atoms with Crippen molar-refractivity contribution in [3.63, 3.8) is 0 Å². The highest BCUT2D eigenvalue weighted by Crippen LogP contribution is 2.39. The zero-order valence-electron chi connectivity index (χ0n) is 33.1. The maximum Gasteiger partial charge on any atom is 0.276 e. The van der Waals surface area contributed by atoms with Gasteiger partial charge in [-0.15, -0.1) is 0 Å². The first-order valence-electron chi connectivity index (χ1n) is 19.2. The van der Waals surface area contributed by atoms with Gasteiger partial charge in [0.15, 0.2) is 0 Å². The molecule has 4 aromatic heterocycles. The number of anilines is 2. The van der Waals surface area contributed by atoms with Crippen LogP contribution in [0.4, 0.5) is 11.9 Å². The predicted molar refractivity (Wildman–Crippen MR) is 215 cm³/mol. The van der Waals surface area contributed by atoms with E-state index in [1.54, 1.807) is 45.8 Å². The largest absolute Gasteiger partial charge is 0.491 e. The predicted octanol–water partition coefficient (Wildman–Crippen LogP) is 3.54. The highest BCUT2D eigenvalue weighted by molar-refractivity contribution is 6.05. The first-order chi connectivity index (χ1) is 27.9. The van der Waals surface area contributed by atoms with Gasteiger partial charge in [0.2, 0.25) is 23.7 Å². The van der Waals surface area contributed by atoms with Crippen LogP contribution in [0.25, 0.3) is 22.1 Å². The zero-order chi connectivity index (χ0) is 41.2. The molecule has 0 unspecified atom stereocenters. The second-order valence-corrected chi connectivity index (χ2v) is 14.1. The molecule has 1 atom stereocenters. The minimum absolute atomic E-state index is 0.200. The number of nitrogens with two attached hydrogens (primary N) is 2. The van der Waals surface area contributed by atoms with Crippen molar-refractivity contribution in [2.45, 2.75) is 72.6 Å². The minimum Gasteiger partial charge on any atom is -0.491 e. The third-order valence-corrected chi connectivity index (χ3v) is 9.99. The summed E-state index contributed by atoms with van der Waals surface area (Å²) in [5.41, 5.74) is 16.0. The van der Waals surface area contributed by atoms with Crippen LogP contribution >= 0.6 is 0 Å². The molecule has 0 saturated heterocycles. The maximum absolute atomic E-state index is 13.8. The molecule has 1 aliphatic heterocycles. The number of imidazole rings is 2. The summed E-state index contributed by atoms with van der Waals surface area (Å²) >= 11 is 0. The van der Waals surface area contributed by atoms with Crippen LogP contribution in [0, 0.1) is 13.8 Å². The van der Waals surface area contributed by atoms with Gasteiger partial charge in [-0.25, -0.2) is 9.97 Å². The SMILES string of the molecule is CCn1nc(C)cc1C(=O)Nc1nc2cc(C(N)=O)cc(OCCCNC)c2n1CCC[C@H]1COc2cc(C(N)=O)cc3nc(NC(=O)c4cc(C)nn4CC)n1c23. The molecule has 0 spiro atoms. The average molecular weight is 794 g/mol. The van der Waals surface area contributed by atoms with Crippen molar-refractivity contribution in [2.75, 3.05) is 37.4 Å². The zero-order valence-corrected chi connectivity index (χ0v) is 33.1. The Kier molecular flexibility index (Phi) is 11.1. The number of nitrogens with zero attached hydrogens (tertiary/aromatic N) is 8. The summed E-state index contributed by atoms with van der Waals surface area (Å²) in [5, 5.41) is 17.9. The number of aryl methyl sites for hydroxylation is 5. The van der Waals surface area contributed by atoms with Crippen molar-refractivity contribution in [1.82, 2.24) is 44.0 Å². The molecule has 7 N–H and O–H groups in total. The highest BCUT2D eigenvalue weighted by Gasteiger charge is 2.30. The number of fused-ring (bicyclic) bond motifs is 1. The van der Waals surface area contributed by atoms with Crippen molar-refractivity contribution >= 4 is 57.6 Å². The molecular formula is C39H47N13O6. The Morgan fingerprint density at radius 3 is 2.00 bits per heavy atom. The third-order valence-electron chi connectivity index (χ3n) is 9.99. The molecule has 2 aromatic carbocycles. The lowest BCUT2D eigenvalue weighted by atomic mass is 10.1. The number of amides is 4. The van der Waals surface area contributed by atoms with Crippen LogP contribution in [-0.2, 0) is 19.6 Å². The lowest BCUT2D eigenvalue weighted by Crippen LogP contribution is -2.26. The number of carbonyl (C=O) groups excluding carboxylic acids is 4. The molecule has 0 radical (unpaired) electrons. The standard InChI is InChI=1S/C39H47N13O6/c1-6-50-28(14-21(3)47-50)36(55)45-38-43-26-16-23(34(40)53)18-30(57-13-9-11-42-5)32(26)49(38)12-8-10-25-20-58-31-19-24(35(41)54)17-27-33(31)52(25)39(44-27)46-37(56)29-15-22(4)48-51(29)7-2/h14-19,25,42H,6-13,20H2,1-5H3,(H2,40,53)(H2,41,54)(H,43,45,55)(H,44,46,56)/t25-/m0/s1. The molecule has 19 nitrogen and oxygen atoms in total. The van der Waals surface area contributed by atoms with Gasteiger partial charge in [0.25, 0.3) is 11.8 Å². The molecule has 0 saturated carbocycles. The number of aromatic nitrogens is 8. The van der Waals surface area contributed by atoms with Crippen LogP contribution in [0.3, 0.4) is 0 Å². The number of primary amides is 2. The molecule has 4 amide bonds. The Bertz CT molecular complexity index is 2560. The fourth-order valence-corrected chi connectivity index (χ4v) is 7.34. The van der Waals surface area contributed by atoms with Crippen LogP contribution < -0.4 is 36.9 Å². The van der Waals surface area contributed by atoms with Crippen molar-refractivity contribution in [1.29, 1.82) is 0 Å². The van der Waals surface area contributed by atoms with Gasteiger partial charge in [0.1, 0.15) is 40.5 Å². The maximum atomic E-state index is 13.8. The number of hydrogen-bond donors (Lipinski definition) is 5. The van der Waals surface area contributed by atoms with Crippen LogP contribution in [0.5, 0.6) is 11.5 Å². The Hall–Kier alpha value is -6.76. The molecule has 6 aromatic rings. The van der Waals surface area contributed by atoms with E-state index in [4.69, 9.17) is 30.9 Å². The number of carbonyl (C=O) groups is 4. The van der Waals surface area contributed by atoms with Crippen molar-refractivity contribution in [3.8, 4) is 11.5 Å². The highest BCUT2D eigenvalue weighted by atomic mass is 16.5. The number of nitrogens with one attached hydrogen (secondary N) is 3. The van der Waals surface area contributed by atoms with Gasteiger partial charge in [0.05, 0.1) is 35.1 Å². The summed E-state index contributed by atoms with van der Waals surface area (Å²) in [6.45, 7) is 10.0. The van der Waals surface area contributed by atoms with E-state index < -0.39 is 23.6 Å². The van der Waals surface area contributed by atoms with Gasteiger partial charge in [-0.05, 0) is 96.9 Å². The van der Waals surface area contributed by atoms with Gasteiger partial charge in [-0.1, -0.05) is 0 Å². The van der Waals surface area contributed by atoms with Crippen LogP contribution in [0.15, 0.2) is 36.4 Å². The lowest BCUT2D eigenvalue weighted by Gasteiger charge is -2.27. The Balaban J connectivity index is 1.24. The van der Waals surface area contributed by atoms with Crippen molar-refractivity contribution in [3.05, 3.63) is 70.3 Å². The van der Waals surface area contributed by atoms with E-state index in [2.05, 4.69) is 26.1 Å². The number of hydrogen-bond acceptors (Lipinski definition) is 11. The second-order valence-electron chi connectivity index (χ2n) is 14.1. The van der Waals surface area contributed by atoms with E-state index in [9.17, 15) is 19.2 Å². The molecule has 7 rings (SSSR count). The molecule has 0 bridgehead atoms. The molecule has 304 valence electrons. The summed E-state index contributed by atoms with van der Waals surface area (Å²) in [4.78, 5) is 61.6. The number of ether oxygens (including phenoxy) is 2. The second kappa shape index (κ2) is 16.4. The van der Waals surface area contributed by atoms with E-state index in [1.165, 1.54) is 0 Å². The number of benzene rings is 2. The van der Waals surface area contributed by atoms with Crippen LogP contribution in [0.1, 0.15) is 92.2 Å². The van der Waals surface area contributed by atoms with E-state index in [0.717, 1.165) is 0 Å². The number of rotatable bonds is 17. The van der Waals surface area contributed by atoms with Gasteiger partial charge < -0.3 is 35.4 Å². The normalized spacial score (nSPS) is 13.5. The summed E-state index contributed by atoms with van der Waals surface area (Å²) in [6.07, 6.45) is 1.73. The van der Waals surface area contributed by atoms with Gasteiger partial charge in [-0.2, -0.15) is 10.2 Å². The minimum atomic E-state index is -0.645. The Labute approximate surface area is 333 Å². The van der Waals surface area contributed by atoms with Crippen LogP contribution in [0.2, 0.25) is 0 Å². The summed E-state index contributed by atoms with van der Waals surface area (Å²) < 4.78 is 19.5. The molecule has 1 aliphatic rings. The average Bonchev–Trinajstić information content (AvgIpc) is 3.97. The first-order valence-corrected chi connectivity index (χ1v) is 19.2. The summed E-state index contributed by atoms with van der Waals surface area (Å²) in [5.74, 6) is -0.739. The summed E-state index contributed by atoms with van der Waals surface area (Å²) in [7, 11) is 1.85. The van der Waals surface area contributed by atoms with E-state index in [1.807, 2.05) is 43.9 Å². The van der Waals surface area contributed by atoms with E-state index in [0.29, 0.717) is 108 Å². The fourth-order valence-electron chi connectivity index (χ4n) is 7.34. The monoisotopic (exact) mass is 793 g/mol. The Morgan fingerprint density at radius 1 is 0.810 bits per heavy atom. The Morgan fingerprint density at radius 2 is 1.40 bits per heavy atom. The fraction of sp³-hybridized carbons (Fsp3) is 0.385. The topological polar surface area (TPSA) is 246 Å². The first kappa shape index (κ1) is 39.5. The van der Waals surface area contributed by atoms with Crippen molar-refractivity contribution in [2.24, 2.45) is 11.5 Å². The van der Waals surface area contributed by atoms with Gasteiger partial charge >= 0.3 is 0 Å². The molecule has 0 fully saturated rings. The van der Waals surface area contributed by atoms with E-state index in [-0.39, 0.29) is 35.7 Å².